The first-order chi connectivity index (χ1) is 12.2. The fourth-order valence-corrected chi connectivity index (χ4v) is 2.36. The van der Waals surface area contributed by atoms with Crippen LogP contribution in [0.1, 0.15) is 11.1 Å². The molecule has 0 unspecified atom stereocenters. The van der Waals surface area contributed by atoms with Crippen molar-refractivity contribution in [2.24, 2.45) is 0 Å². The molecule has 0 atom stereocenters. The number of hydrogen-bond acceptors (Lipinski definition) is 3. The molecule has 0 bridgehead atoms. The zero-order chi connectivity index (χ0) is 17.5. The lowest BCUT2D eigenvalue weighted by molar-refractivity contribution is 0.240. The van der Waals surface area contributed by atoms with E-state index in [-0.39, 0.29) is 11.8 Å². The standard InChI is InChI=1S/C18H18FN5O/c19-16-5-2-1-4-15(16)7-10-21-18(25)22-13-14-6-9-20-17(12-14)24-11-3-8-23-24/h1-6,8-9,11-12H,7,10,13H2,(H2,21,22,25). The molecule has 6 nitrogen and oxygen atoms in total. The van der Waals surface area contributed by atoms with Crippen molar-refractivity contribution in [3.05, 3.63) is 78.0 Å². The van der Waals surface area contributed by atoms with Gasteiger partial charge in [0, 0.05) is 31.7 Å². The molecule has 2 amide bonds. The van der Waals surface area contributed by atoms with Crippen LogP contribution in [0.3, 0.4) is 0 Å². The van der Waals surface area contributed by atoms with Gasteiger partial charge in [0.25, 0.3) is 0 Å². The minimum atomic E-state index is -0.297. The monoisotopic (exact) mass is 339 g/mol. The zero-order valence-electron chi connectivity index (χ0n) is 13.5. The topological polar surface area (TPSA) is 71.8 Å². The second kappa shape index (κ2) is 8.05. The molecule has 3 rings (SSSR count). The Kier molecular flexibility index (Phi) is 5.36. The molecule has 0 radical (unpaired) electrons. The van der Waals surface area contributed by atoms with Gasteiger partial charge >= 0.3 is 6.03 Å². The lowest BCUT2D eigenvalue weighted by Gasteiger charge is -2.09. The van der Waals surface area contributed by atoms with Crippen molar-refractivity contribution in [1.82, 2.24) is 25.4 Å². The zero-order valence-corrected chi connectivity index (χ0v) is 13.5. The van der Waals surface area contributed by atoms with Gasteiger partial charge < -0.3 is 10.6 Å². The van der Waals surface area contributed by atoms with E-state index in [1.165, 1.54) is 6.07 Å². The second-order valence-corrected chi connectivity index (χ2v) is 5.42. The normalized spacial score (nSPS) is 10.4. The smallest absolute Gasteiger partial charge is 0.315 e. The molecule has 3 aromatic rings. The van der Waals surface area contributed by atoms with Gasteiger partial charge in [-0.25, -0.2) is 18.9 Å². The van der Waals surface area contributed by atoms with Gasteiger partial charge in [0.2, 0.25) is 0 Å². The highest BCUT2D eigenvalue weighted by atomic mass is 19.1. The Bertz CT molecular complexity index is 835. The number of aromatic nitrogens is 3. The summed E-state index contributed by atoms with van der Waals surface area (Å²) in [6, 6.07) is 11.7. The maximum atomic E-state index is 13.5. The molecular formula is C18H18FN5O. The van der Waals surface area contributed by atoms with Crippen molar-refractivity contribution in [2.45, 2.75) is 13.0 Å². The number of hydrogen-bond donors (Lipinski definition) is 2. The molecule has 0 spiro atoms. The maximum absolute atomic E-state index is 13.5. The summed E-state index contributed by atoms with van der Waals surface area (Å²) in [5.74, 6) is 0.428. The molecular weight excluding hydrogens is 321 g/mol. The summed E-state index contributed by atoms with van der Waals surface area (Å²) in [6.45, 7) is 0.726. The Morgan fingerprint density at radius 2 is 2.00 bits per heavy atom. The molecule has 0 saturated carbocycles. The van der Waals surface area contributed by atoms with Crippen molar-refractivity contribution in [3.63, 3.8) is 0 Å². The van der Waals surface area contributed by atoms with Gasteiger partial charge in [0.05, 0.1) is 0 Å². The summed E-state index contributed by atoms with van der Waals surface area (Å²) in [5.41, 5.74) is 1.49. The fraction of sp³-hybridized carbons (Fsp3) is 0.167. The van der Waals surface area contributed by atoms with Crippen molar-refractivity contribution < 1.29 is 9.18 Å². The molecule has 0 aliphatic carbocycles. The highest BCUT2D eigenvalue weighted by Gasteiger charge is 2.04. The first-order valence-corrected chi connectivity index (χ1v) is 7.92. The number of pyridine rings is 1. The van der Waals surface area contributed by atoms with Gasteiger partial charge in [0.1, 0.15) is 5.82 Å². The maximum Gasteiger partial charge on any atom is 0.315 e. The van der Waals surface area contributed by atoms with E-state index in [0.717, 1.165) is 5.56 Å². The number of rotatable bonds is 6. The van der Waals surface area contributed by atoms with E-state index in [9.17, 15) is 9.18 Å². The lowest BCUT2D eigenvalue weighted by atomic mass is 10.1. The third-order valence-electron chi connectivity index (χ3n) is 3.64. The van der Waals surface area contributed by atoms with Crippen LogP contribution in [0.15, 0.2) is 61.1 Å². The van der Waals surface area contributed by atoms with E-state index < -0.39 is 0 Å². The second-order valence-electron chi connectivity index (χ2n) is 5.42. The van der Waals surface area contributed by atoms with Gasteiger partial charge in [-0.05, 0) is 41.8 Å². The fourth-order valence-electron chi connectivity index (χ4n) is 2.36. The van der Waals surface area contributed by atoms with Crippen LogP contribution in [0.5, 0.6) is 0 Å². The molecule has 0 aliphatic rings. The van der Waals surface area contributed by atoms with Crippen molar-refractivity contribution in [3.8, 4) is 5.82 Å². The highest BCUT2D eigenvalue weighted by molar-refractivity contribution is 5.73. The van der Waals surface area contributed by atoms with Gasteiger partial charge in [0.15, 0.2) is 5.82 Å². The molecule has 0 saturated heterocycles. The number of urea groups is 1. The minimum absolute atomic E-state index is 0.257. The Balaban J connectivity index is 1.46. The van der Waals surface area contributed by atoms with Gasteiger partial charge in [-0.15, -0.1) is 0 Å². The van der Waals surface area contributed by atoms with Crippen LogP contribution in [0, 0.1) is 5.82 Å². The lowest BCUT2D eigenvalue weighted by Crippen LogP contribution is -2.36. The highest BCUT2D eigenvalue weighted by Crippen LogP contribution is 2.07. The summed E-state index contributed by atoms with van der Waals surface area (Å²) < 4.78 is 15.1. The first-order valence-electron chi connectivity index (χ1n) is 7.92. The third kappa shape index (κ3) is 4.63. The predicted molar refractivity (Wildman–Crippen MR) is 91.7 cm³/mol. The SMILES string of the molecule is O=C(NCCc1ccccc1F)NCc1ccnc(-n2cccn2)c1. The molecule has 7 heteroatoms. The van der Waals surface area contributed by atoms with Crippen LogP contribution < -0.4 is 10.6 Å². The molecule has 128 valence electrons. The number of amides is 2. The molecule has 2 heterocycles. The number of nitrogens with zero attached hydrogens (tertiary/aromatic N) is 3. The van der Waals surface area contributed by atoms with Crippen LogP contribution in [-0.4, -0.2) is 27.3 Å². The molecule has 0 aliphatic heterocycles. The third-order valence-corrected chi connectivity index (χ3v) is 3.64. The van der Waals surface area contributed by atoms with E-state index in [2.05, 4.69) is 20.7 Å². The van der Waals surface area contributed by atoms with E-state index in [1.54, 1.807) is 41.5 Å². The van der Waals surface area contributed by atoms with Gasteiger partial charge in [-0.2, -0.15) is 5.10 Å². The number of halogens is 1. The van der Waals surface area contributed by atoms with E-state index in [4.69, 9.17) is 0 Å². The van der Waals surface area contributed by atoms with E-state index >= 15 is 0 Å². The Morgan fingerprint density at radius 3 is 2.80 bits per heavy atom. The van der Waals surface area contributed by atoms with Crippen molar-refractivity contribution >= 4 is 6.03 Å². The molecule has 2 N–H and O–H groups in total. The van der Waals surface area contributed by atoms with Crippen LogP contribution in [0.2, 0.25) is 0 Å². The quantitative estimate of drug-likeness (QED) is 0.725. The first kappa shape index (κ1) is 16.6. The van der Waals surface area contributed by atoms with E-state index in [0.29, 0.717) is 30.9 Å². The Hall–Kier alpha value is -3.22. The number of carbonyl (C=O) groups excluding carboxylic acids is 1. The summed E-state index contributed by atoms with van der Waals surface area (Å²) in [5, 5.41) is 9.62. The number of carbonyl (C=O) groups is 1. The van der Waals surface area contributed by atoms with Crippen LogP contribution in [0.25, 0.3) is 5.82 Å². The van der Waals surface area contributed by atoms with Crippen molar-refractivity contribution in [1.29, 1.82) is 0 Å². The van der Waals surface area contributed by atoms with Crippen LogP contribution in [-0.2, 0) is 13.0 Å². The molecule has 1 aromatic carbocycles. The average molecular weight is 339 g/mol. The summed E-state index contributed by atoms with van der Waals surface area (Å²) in [6.07, 6.45) is 5.59. The predicted octanol–water partition coefficient (Wildman–Crippen LogP) is 2.45. The van der Waals surface area contributed by atoms with E-state index in [1.807, 2.05) is 18.2 Å². The Morgan fingerprint density at radius 1 is 1.12 bits per heavy atom. The largest absolute Gasteiger partial charge is 0.338 e. The average Bonchev–Trinajstić information content (AvgIpc) is 3.17. The van der Waals surface area contributed by atoms with Crippen LogP contribution in [0.4, 0.5) is 9.18 Å². The van der Waals surface area contributed by atoms with Gasteiger partial charge in [-0.3, -0.25) is 0 Å². The summed E-state index contributed by atoms with van der Waals surface area (Å²) in [4.78, 5) is 16.1. The summed E-state index contributed by atoms with van der Waals surface area (Å²) >= 11 is 0. The molecule has 25 heavy (non-hydrogen) atoms. The molecule has 2 aromatic heterocycles. The Labute approximate surface area is 144 Å². The summed E-state index contributed by atoms with van der Waals surface area (Å²) in [7, 11) is 0. The van der Waals surface area contributed by atoms with Crippen molar-refractivity contribution in [2.75, 3.05) is 6.54 Å². The van der Waals surface area contributed by atoms with Gasteiger partial charge in [-0.1, -0.05) is 18.2 Å². The van der Waals surface area contributed by atoms with Crippen LogP contribution >= 0.6 is 0 Å². The molecule has 0 fully saturated rings. The number of benzene rings is 1. The number of nitrogens with one attached hydrogen (secondary N) is 2. The minimum Gasteiger partial charge on any atom is -0.338 e.